The molecular weight excluding hydrogens is 848 g/mol. The van der Waals surface area contributed by atoms with Crippen molar-refractivity contribution >= 4 is 52.6 Å². The van der Waals surface area contributed by atoms with Gasteiger partial charge in [0.25, 0.3) is 5.91 Å². The number of likely N-dealkylation sites (tertiary alicyclic amines) is 2. The van der Waals surface area contributed by atoms with E-state index < -0.39 is 52.4 Å². The van der Waals surface area contributed by atoms with Crippen molar-refractivity contribution in [3.05, 3.63) is 59.2 Å². The molecule has 4 aliphatic rings. The van der Waals surface area contributed by atoms with Gasteiger partial charge in [0.1, 0.15) is 29.7 Å². The fourth-order valence-corrected chi connectivity index (χ4v) is 11.1. The van der Waals surface area contributed by atoms with Crippen molar-refractivity contribution in [3.63, 3.8) is 0 Å². The van der Waals surface area contributed by atoms with Crippen molar-refractivity contribution < 1.29 is 43.3 Å². The molecule has 2 aliphatic carbocycles. The van der Waals surface area contributed by atoms with Gasteiger partial charge in [-0.2, -0.15) is 11.8 Å². The van der Waals surface area contributed by atoms with E-state index in [-0.39, 0.29) is 38.5 Å². The molecule has 14 nitrogen and oxygen atoms in total. The van der Waals surface area contributed by atoms with Crippen molar-refractivity contribution in [1.29, 1.82) is 0 Å². The Balaban J connectivity index is 0.891. The number of carbonyl (C=O) groups is 4. The molecule has 63 heavy (non-hydrogen) atoms. The lowest BCUT2D eigenvalue weighted by molar-refractivity contribution is -0.143. The monoisotopic (exact) mass is 908 g/mol. The van der Waals surface area contributed by atoms with Gasteiger partial charge in [-0.05, 0) is 113 Å². The molecule has 17 heteroatoms. The fourth-order valence-electron chi connectivity index (χ4n) is 8.99. The van der Waals surface area contributed by atoms with Crippen LogP contribution in [0.3, 0.4) is 0 Å². The first kappa shape index (κ1) is 46.5. The Morgan fingerprint density at radius 2 is 1.73 bits per heavy atom. The van der Waals surface area contributed by atoms with Crippen LogP contribution < -0.4 is 25.4 Å². The minimum absolute atomic E-state index is 0.0560. The van der Waals surface area contributed by atoms with Crippen molar-refractivity contribution in [1.82, 2.24) is 25.4 Å². The molecule has 2 aliphatic heterocycles. The molecule has 3 heterocycles. The van der Waals surface area contributed by atoms with E-state index in [0.717, 1.165) is 85.6 Å². The Morgan fingerprint density at radius 3 is 2.37 bits per heavy atom. The number of methoxy groups -OCH3 is 1. The molecule has 0 radical (unpaired) electrons. The van der Waals surface area contributed by atoms with Crippen LogP contribution in [0.5, 0.6) is 11.5 Å². The number of alkyl halides is 1. The van der Waals surface area contributed by atoms with Crippen molar-refractivity contribution in [2.75, 3.05) is 44.4 Å². The number of amides is 4. The quantitative estimate of drug-likeness (QED) is 0.0979. The lowest BCUT2D eigenvalue weighted by Gasteiger charge is -2.39. The molecule has 5 N–H and O–H groups in total. The first-order valence-electron chi connectivity index (χ1n) is 22.1. The maximum absolute atomic E-state index is 15.1. The van der Waals surface area contributed by atoms with Crippen LogP contribution in [0.1, 0.15) is 82.9 Å². The number of nitrogens with zero attached hydrogens (tertiary/aromatic N) is 3. The molecule has 2 saturated heterocycles. The van der Waals surface area contributed by atoms with Crippen molar-refractivity contribution in [3.8, 4) is 21.9 Å². The molecule has 2 saturated carbocycles. The molecule has 0 spiro atoms. The average Bonchev–Trinajstić information content (AvgIpc) is 3.68. The summed E-state index contributed by atoms with van der Waals surface area (Å²) in [6.45, 7) is 8.85. The number of nitrogens with one attached hydrogen (secondary N) is 3. The van der Waals surface area contributed by atoms with Crippen LogP contribution in [0.4, 0.5) is 14.9 Å². The lowest BCUT2D eigenvalue weighted by Crippen LogP contribution is -2.61. The number of ether oxygens (including phenoxy) is 2. The van der Waals surface area contributed by atoms with Gasteiger partial charge in [-0.3, -0.25) is 19.7 Å². The zero-order valence-electron chi connectivity index (χ0n) is 36.6. The highest BCUT2D eigenvalue weighted by Crippen LogP contribution is 2.42. The van der Waals surface area contributed by atoms with Gasteiger partial charge < -0.3 is 40.1 Å². The smallest absolute Gasteiger partial charge is 0.409 e. The summed E-state index contributed by atoms with van der Waals surface area (Å²) in [6, 6.07) is 10.9. The van der Waals surface area contributed by atoms with Gasteiger partial charge in [-0.15, -0.1) is 11.3 Å². The number of aliphatic hydroxyl groups excluding tert-OH is 1. The zero-order chi connectivity index (χ0) is 44.9. The summed E-state index contributed by atoms with van der Waals surface area (Å²) >= 11 is 3.17. The van der Waals surface area contributed by atoms with Crippen LogP contribution in [0.25, 0.3) is 10.4 Å². The number of aryl methyl sites for hydroxylation is 1. The van der Waals surface area contributed by atoms with E-state index in [0.29, 0.717) is 29.0 Å². The molecular formula is C46H61FN6O8S2. The summed E-state index contributed by atoms with van der Waals surface area (Å²) in [4.78, 5) is 61.7. The van der Waals surface area contributed by atoms with E-state index in [9.17, 15) is 24.3 Å². The molecule has 342 valence electrons. The molecule has 2 aromatic carbocycles. The Labute approximate surface area is 377 Å². The largest absolute Gasteiger partial charge is 0.494 e. The van der Waals surface area contributed by atoms with Crippen LogP contribution in [0.15, 0.2) is 48.0 Å². The highest BCUT2D eigenvalue weighted by molar-refractivity contribution is 8.00. The minimum Gasteiger partial charge on any atom is -0.494 e. The lowest BCUT2D eigenvalue weighted by atomic mass is 9.82. The van der Waals surface area contributed by atoms with E-state index in [1.165, 1.54) is 12.0 Å². The summed E-state index contributed by atoms with van der Waals surface area (Å²) < 4.78 is 25.9. The minimum atomic E-state index is -1.99. The summed E-state index contributed by atoms with van der Waals surface area (Å²) in [5.74, 6) is 1.15. The third kappa shape index (κ3) is 11.8. The summed E-state index contributed by atoms with van der Waals surface area (Å²) in [6.07, 6.45) is 4.36. The number of piperidine rings is 1. The molecule has 1 aromatic heterocycles. The molecule has 1 unspecified atom stereocenters. The molecule has 3 atom stereocenters. The topological polar surface area (TPSA) is 183 Å². The van der Waals surface area contributed by atoms with Crippen LogP contribution >= 0.6 is 23.1 Å². The number of β-amino-alcohol motifs (C(OH)–C–C–N with tert-alkyl or cyclic N) is 1. The van der Waals surface area contributed by atoms with Gasteiger partial charge in [0.15, 0.2) is 5.67 Å². The number of benzene rings is 2. The van der Waals surface area contributed by atoms with Gasteiger partial charge >= 0.3 is 6.09 Å². The third-order valence-electron chi connectivity index (χ3n) is 13.0. The van der Waals surface area contributed by atoms with E-state index >= 15 is 4.39 Å². The summed E-state index contributed by atoms with van der Waals surface area (Å²) in [5, 5.41) is 27.9. The number of halogens is 1. The standard InChI is InChI=1S/C46H61FN6O8S2/c1-28-39(62-27-49-28)32-11-9-29(10-12-32)23-48-41(55)37-21-33(54)25-53(37)42(56)40(51-43(57)46(47)17-18-46)45(2,3)63-26-31-7-5-30(6-8-31)24-52-19-15-34(16-20-52)61-35-13-14-36(50-44(58)59)38(22-35)60-4/h9-14,22,27,30-31,33-34,37,40,50,54H,5-8,15-21,23-26H2,1-4H3,(H,48,55)(H,51,57)(H,58,59)/t30?,31?,33-,37+,40?/m1/s1. The second-order valence-electron chi connectivity index (χ2n) is 18.2. The summed E-state index contributed by atoms with van der Waals surface area (Å²) in [5.41, 5.74) is 3.07. The SMILES string of the molecule is COc1cc(OC2CCN(CC3CCC(CSC(C)(C)C(NC(=O)C4(F)CC4)C(=O)N4C[C@H](O)C[C@H]4C(=O)NCc4ccc(-c5scnc5C)cc4)CC3)CC2)ccc1NC(=O)O. The van der Waals surface area contributed by atoms with Gasteiger partial charge in [-0.25, -0.2) is 14.2 Å². The first-order chi connectivity index (χ1) is 30.1. The Hall–Kier alpha value is -4.45. The number of hydrogen-bond acceptors (Lipinski definition) is 11. The van der Waals surface area contributed by atoms with E-state index in [1.54, 1.807) is 41.3 Å². The number of thiazole rings is 1. The predicted octanol–water partition coefficient (Wildman–Crippen LogP) is 6.64. The maximum atomic E-state index is 15.1. The number of aliphatic hydroxyl groups is 1. The van der Waals surface area contributed by atoms with Crippen LogP contribution in [-0.4, -0.2) is 123 Å². The Morgan fingerprint density at radius 1 is 1.03 bits per heavy atom. The van der Waals surface area contributed by atoms with E-state index in [1.807, 2.05) is 50.5 Å². The van der Waals surface area contributed by atoms with Crippen LogP contribution in [-0.2, 0) is 20.9 Å². The number of carboxylic acid groups (broad SMARTS) is 1. The molecule has 3 aromatic rings. The van der Waals surface area contributed by atoms with E-state index in [4.69, 9.17) is 14.6 Å². The predicted molar refractivity (Wildman–Crippen MR) is 242 cm³/mol. The maximum Gasteiger partial charge on any atom is 0.409 e. The number of anilines is 1. The second-order valence-corrected chi connectivity index (χ2v) is 20.7. The zero-order valence-corrected chi connectivity index (χ0v) is 38.2. The number of aromatic nitrogens is 1. The molecule has 4 amide bonds. The number of carbonyl (C=O) groups excluding carboxylic acids is 3. The number of thioether (sulfide) groups is 1. The molecule has 7 rings (SSSR count). The Kier molecular flexibility index (Phi) is 14.9. The van der Waals surface area contributed by atoms with Gasteiger partial charge in [0.05, 0.1) is 35.0 Å². The number of rotatable bonds is 17. The highest BCUT2D eigenvalue weighted by atomic mass is 32.2. The van der Waals surface area contributed by atoms with Crippen LogP contribution in [0, 0.1) is 18.8 Å². The third-order valence-corrected chi connectivity index (χ3v) is 15.6. The molecule has 4 fully saturated rings. The number of hydrogen-bond donors (Lipinski definition) is 5. The fraction of sp³-hybridized carbons (Fsp3) is 0.587. The highest BCUT2D eigenvalue weighted by Gasteiger charge is 2.54. The van der Waals surface area contributed by atoms with Gasteiger partial charge in [0.2, 0.25) is 11.8 Å². The van der Waals surface area contributed by atoms with Crippen molar-refractivity contribution in [2.24, 2.45) is 11.8 Å². The summed E-state index contributed by atoms with van der Waals surface area (Å²) in [7, 11) is 1.49. The van der Waals surface area contributed by atoms with E-state index in [2.05, 4.69) is 25.8 Å². The van der Waals surface area contributed by atoms with Gasteiger partial charge in [-0.1, -0.05) is 24.3 Å². The molecule has 0 bridgehead atoms. The normalized spacial score (nSPS) is 23.1. The Bertz CT molecular complexity index is 2080. The van der Waals surface area contributed by atoms with Crippen molar-refractivity contribution in [2.45, 2.75) is 120 Å². The van der Waals surface area contributed by atoms with Gasteiger partial charge in [0, 0.05) is 50.0 Å². The van der Waals surface area contributed by atoms with Crippen LogP contribution in [0.2, 0.25) is 0 Å². The average molecular weight is 909 g/mol. The second kappa shape index (κ2) is 20.2. The first-order valence-corrected chi connectivity index (χ1v) is 23.9.